The van der Waals surface area contributed by atoms with Crippen LogP contribution in [0, 0.1) is 0 Å². The van der Waals surface area contributed by atoms with Crippen molar-refractivity contribution in [2.45, 2.75) is 6.61 Å². The second-order valence-electron chi connectivity index (χ2n) is 3.92. The van der Waals surface area contributed by atoms with Gasteiger partial charge >= 0.3 is 0 Å². The number of aldehydes is 1. The Morgan fingerprint density at radius 2 is 2.26 bits per heavy atom. The molecule has 19 heavy (non-hydrogen) atoms. The molecule has 0 spiro atoms. The van der Waals surface area contributed by atoms with Crippen molar-refractivity contribution < 1.29 is 14.3 Å². The van der Waals surface area contributed by atoms with Gasteiger partial charge in [0.15, 0.2) is 11.5 Å². The van der Waals surface area contributed by atoms with Gasteiger partial charge in [-0.2, -0.15) is 5.10 Å². The highest BCUT2D eigenvalue weighted by Crippen LogP contribution is 2.36. The van der Waals surface area contributed by atoms with Gasteiger partial charge in [-0.3, -0.25) is 9.48 Å². The molecular formula is C13H13ClN2O3. The first kappa shape index (κ1) is 13.4. The fourth-order valence-electron chi connectivity index (χ4n) is 1.63. The Hall–Kier alpha value is -2.01. The summed E-state index contributed by atoms with van der Waals surface area (Å²) >= 11 is 6.07. The molecule has 2 rings (SSSR count). The molecule has 0 aliphatic carbocycles. The Balaban J connectivity index is 2.21. The van der Waals surface area contributed by atoms with Crippen LogP contribution in [0.2, 0.25) is 5.02 Å². The van der Waals surface area contributed by atoms with E-state index in [2.05, 4.69) is 5.10 Å². The topological polar surface area (TPSA) is 53.4 Å². The maximum Gasteiger partial charge on any atom is 0.180 e. The fourth-order valence-corrected chi connectivity index (χ4v) is 1.91. The zero-order valence-electron chi connectivity index (χ0n) is 10.6. The van der Waals surface area contributed by atoms with E-state index in [0.29, 0.717) is 28.4 Å². The molecule has 0 amide bonds. The maximum absolute atomic E-state index is 10.8. The summed E-state index contributed by atoms with van der Waals surface area (Å²) in [5.41, 5.74) is 1.21. The molecule has 6 heteroatoms. The van der Waals surface area contributed by atoms with Crippen molar-refractivity contribution in [2.75, 3.05) is 7.11 Å². The molecule has 1 aromatic carbocycles. The predicted octanol–water partition coefficient (Wildman–Crippen LogP) is 2.47. The number of benzene rings is 1. The molecule has 1 aromatic heterocycles. The van der Waals surface area contributed by atoms with Gasteiger partial charge in [0.1, 0.15) is 12.9 Å². The molecular weight excluding hydrogens is 268 g/mol. The second-order valence-corrected chi connectivity index (χ2v) is 4.33. The highest BCUT2D eigenvalue weighted by atomic mass is 35.5. The van der Waals surface area contributed by atoms with Crippen molar-refractivity contribution in [1.82, 2.24) is 9.78 Å². The molecule has 0 aliphatic heterocycles. The Kier molecular flexibility index (Phi) is 4.06. The van der Waals surface area contributed by atoms with E-state index in [-0.39, 0.29) is 6.61 Å². The Labute approximate surface area is 115 Å². The minimum Gasteiger partial charge on any atom is -0.493 e. The summed E-state index contributed by atoms with van der Waals surface area (Å²) < 4.78 is 12.5. The fraction of sp³-hybridized carbons (Fsp3) is 0.231. The van der Waals surface area contributed by atoms with Crippen molar-refractivity contribution in [3.63, 3.8) is 0 Å². The largest absolute Gasteiger partial charge is 0.493 e. The van der Waals surface area contributed by atoms with E-state index in [9.17, 15) is 4.79 Å². The summed E-state index contributed by atoms with van der Waals surface area (Å²) in [7, 11) is 3.32. The first-order valence-electron chi connectivity index (χ1n) is 5.58. The van der Waals surface area contributed by atoms with Crippen molar-refractivity contribution in [3.8, 4) is 11.5 Å². The van der Waals surface area contributed by atoms with Crippen LogP contribution in [0.25, 0.3) is 0 Å². The van der Waals surface area contributed by atoms with Crippen LogP contribution in [0.15, 0.2) is 24.4 Å². The second kappa shape index (κ2) is 5.75. The number of halogens is 1. The van der Waals surface area contributed by atoms with Crippen LogP contribution in [0.3, 0.4) is 0 Å². The molecule has 0 aliphatic rings. The molecule has 0 N–H and O–H groups in total. The SMILES string of the molecule is COc1cc(C=O)cc(Cl)c1OCc1ccn(C)n1. The van der Waals surface area contributed by atoms with Gasteiger partial charge in [-0.1, -0.05) is 11.6 Å². The average Bonchev–Trinajstić information content (AvgIpc) is 2.82. The molecule has 0 saturated carbocycles. The highest BCUT2D eigenvalue weighted by Gasteiger charge is 2.12. The molecule has 0 unspecified atom stereocenters. The summed E-state index contributed by atoms with van der Waals surface area (Å²) in [6, 6.07) is 4.96. The molecule has 2 aromatic rings. The van der Waals surface area contributed by atoms with Gasteiger partial charge < -0.3 is 9.47 Å². The zero-order chi connectivity index (χ0) is 13.8. The van der Waals surface area contributed by atoms with Crippen LogP contribution in [0.1, 0.15) is 16.1 Å². The van der Waals surface area contributed by atoms with E-state index in [0.717, 1.165) is 5.69 Å². The molecule has 100 valence electrons. The third-order valence-electron chi connectivity index (χ3n) is 2.52. The Morgan fingerprint density at radius 1 is 1.47 bits per heavy atom. The summed E-state index contributed by atoms with van der Waals surface area (Å²) in [4.78, 5) is 10.8. The van der Waals surface area contributed by atoms with Crippen LogP contribution < -0.4 is 9.47 Å². The van der Waals surface area contributed by atoms with Crippen molar-refractivity contribution >= 4 is 17.9 Å². The number of rotatable bonds is 5. The summed E-state index contributed by atoms with van der Waals surface area (Å²) in [5, 5.41) is 4.53. The van der Waals surface area contributed by atoms with Gasteiger partial charge in [-0.15, -0.1) is 0 Å². The number of nitrogens with zero attached hydrogens (tertiary/aromatic N) is 2. The number of aromatic nitrogens is 2. The summed E-state index contributed by atoms with van der Waals surface area (Å²) in [5.74, 6) is 0.825. The predicted molar refractivity (Wildman–Crippen MR) is 70.9 cm³/mol. The quantitative estimate of drug-likeness (QED) is 0.790. The first-order chi connectivity index (χ1) is 9.13. The molecule has 0 saturated heterocycles. The number of aryl methyl sites for hydroxylation is 1. The molecule has 5 nitrogen and oxygen atoms in total. The van der Waals surface area contributed by atoms with Crippen LogP contribution in [-0.4, -0.2) is 23.2 Å². The lowest BCUT2D eigenvalue weighted by Gasteiger charge is -2.12. The number of methoxy groups -OCH3 is 1. The van der Waals surface area contributed by atoms with E-state index < -0.39 is 0 Å². The van der Waals surface area contributed by atoms with E-state index in [1.54, 1.807) is 10.7 Å². The van der Waals surface area contributed by atoms with Gasteiger partial charge in [0, 0.05) is 18.8 Å². The lowest BCUT2D eigenvalue weighted by molar-refractivity contribution is 0.112. The third kappa shape index (κ3) is 3.06. The molecule has 1 heterocycles. The maximum atomic E-state index is 10.8. The van der Waals surface area contributed by atoms with Gasteiger partial charge in [-0.05, 0) is 18.2 Å². The van der Waals surface area contributed by atoms with Gasteiger partial charge in [0.2, 0.25) is 0 Å². The van der Waals surface area contributed by atoms with Crippen molar-refractivity contribution in [3.05, 3.63) is 40.7 Å². The minimum atomic E-state index is 0.275. The monoisotopic (exact) mass is 280 g/mol. The number of carbonyl (C=O) groups excluding carboxylic acids is 1. The van der Waals surface area contributed by atoms with Crippen LogP contribution in [0.4, 0.5) is 0 Å². The molecule has 0 fully saturated rings. The zero-order valence-corrected chi connectivity index (χ0v) is 11.3. The van der Waals surface area contributed by atoms with Crippen LogP contribution >= 0.6 is 11.6 Å². The summed E-state index contributed by atoms with van der Waals surface area (Å²) in [6.07, 6.45) is 2.53. The van der Waals surface area contributed by atoms with E-state index in [1.165, 1.54) is 13.2 Å². The van der Waals surface area contributed by atoms with E-state index in [4.69, 9.17) is 21.1 Å². The van der Waals surface area contributed by atoms with Crippen molar-refractivity contribution in [1.29, 1.82) is 0 Å². The van der Waals surface area contributed by atoms with E-state index in [1.807, 2.05) is 19.3 Å². The third-order valence-corrected chi connectivity index (χ3v) is 2.80. The van der Waals surface area contributed by atoms with Gasteiger partial charge in [-0.25, -0.2) is 0 Å². The van der Waals surface area contributed by atoms with Crippen LogP contribution in [-0.2, 0) is 13.7 Å². The smallest absolute Gasteiger partial charge is 0.180 e. The number of ether oxygens (including phenoxy) is 2. The average molecular weight is 281 g/mol. The molecule has 0 radical (unpaired) electrons. The van der Waals surface area contributed by atoms with Crippen LogP contribution in [0.5, 0.6) is 11.5 Å². The van der Waals surface area contributed by atoms with Gasteiger partial charge in [0.25, 0.3) is 0 Å². The number of hydrogen-bond donors (Lipinski definition) is 0. The highest BCUT2D eigenvalue weighted by molar-refractivity contribution is 6.32. The Morgan fingerprint density at radius 3 is 2.84 bits per heavy atom. The van der Waals surface area contributed by atoms with Gasteiger partial charge in [0.05, 0.1) is 17.8 Å². The Bertz CT molecular complexity index is 596. The minimum absolute atomic E-state index is 0.275. The normalized spacial score (nSPS) is 10.3. The number of hydrogen-bond acceptors (Lipinski definition) is 4. The first-order valence-corrected chi connectivity index (χ1v) is 5.96. The lowest BCUT2D eigenvalue weighted by atomic mass is 10.2. The lowest BCUT2D eigenvalue weighted by Crippen LogP contribution is -2.01. The number of carbonyl (C=O) groups is 1. The summed E-state index contributed by atoms with van der Waals surface area (Å²) in [6.45, 7) is 0.275. The van der Waals surface area contributed by atoms with Crippen molar-refractivity contribution in [2.24, 2.45) is 7.05 Å². The van der Waals surface area contributed by atoms with E-state index >= 15 is 0 Å². The molecule has 0 atom stereocenters. The standard InChI is InChI=1S/C13H13ClN2O3/c1-16-4-3-10(15-16)8-19-13-11(14)5-9(7-17)6-12(13)18-2/h3-7H,8H2,1-2H3. The molecule has 0 bridgehead atoms.